The molecule has 2 aliphatic rings. The minimum Gasteiger partial charge on any atom is -0.382 e. The van der Waals surface area contributed by atoms with Crippen LogP contribution in [0.2, 0.25) is 0 Å². The van der Waals surface area contributed by atoms with E-state index in [9.17, 15) is 0 Å². The molecule has 0 amide bonds. The van der Waals surface area contributed by atoms with Gasteiger partial charge in [-0.2, -0.15) is 0 Å². The lowest BCUT2D eigenvalue weighted by Crippen LogP contribution is -2.43. The molecule has 2 saturated carbocycles. The minimum absolute atomic E-state index is 0.182. The molecule has 0 aliphatic heterocycles. The Bertz CT molecular complexity index is 305. The summed E-state index contributed by atoms with van der Waals surface area (Å²) in [5.41, 5.74) is 0.767. The highest BCUT2D eigenvalue weighted by molar-refractivity contribution is 5.11. The third-order valence-electron chi connectivity index (χ3n) is 6.05. The Balaban J connectivity index is 1.99. The fourth-order valence-electron chi connectivity index (χ4n) is 4.21. The maximum absolute atomic E-state index is 6.44. The number of fused-ring (bicyclic) bond motifs is 2. The van der Waals surface area contributed by atoms with Gasteiger partial charge in [-0.3, -0.25) is 0 Å². The Morgan fingerprint density at radius 3 is 2.53 bits per heavy atom. The number of methoxy groups -OCH3 is 1. The molecular weight excluding hydrogens is 238 g/mol. The van der Waals surface area contributed by atoms with Crippen molar-refractivity contribution < 1.29 is 9.47 Å². The summed E-state index contributed by atoms with van der Waals surface area (Å²) in [6.07, 6.45) is 4.51. The van der Waals surface area contributed by atoms with Gasteiger partial charge in [-0.25, -0.2) is 0 Å². The molecule has 4 unspecified atom stereocenters. The first-order valence-electron chi connectivity index (χ1n) is 7.80. The van der Waals surface area contributed by atoms with Crippen molar-refractivity contribution in [1.29, 1.82) is 0 Å². The van der Waals surface area contributed by atoms with Crippen LogP contribution in [0, 0.1) is 16.7 Å². The molecule has 19 heavy (non-hydrogen) atoms. The van der Waals surface area contributed by atoms with Crippen LogP contribution in [0.15, 0.2) is 0 Å². The summed E-state index contributed by atoms with van der Waals surface area (Å²) in [6, 6.07) is 0. The molecule has 3 heteroatoms. The van der Waals surface area contributed by atoms with Crippen molar-refractivity contribution >= 4 is 0 Å². The third-order valence-corrected chi connectivity index (χ3v) is 6.05. The highest BCUT2D eigenvalue weighted by Crippen LogP contribution is 2.66. The van der Waals surface area contributed by atoms with Gasteiger partial charge in [-0.1, -0.05) is 27.7 Å². The first-order chi connectivity index (χ1) is 8.95. The zero-order chi connectivity index (χ0) is 14.1. The average molecular weight is 269 g/mol. The predicted octanol–water partition coefficient (Wildman–Crippen LogP) is 2.84. The van der Waals surface area contributed by atoms with Crippen LogP contribution in [0.3, 0.4) is 0 Å². The van der Waals surface area contributed by atoms with E-state index in [4.69, 9.17) is 9.47 Å². The Hall–Kier alpha value is -0.120. The van der Waals surface area contributed by atoms with Gasteiger partial charge in [0.1, 0.15) is 0 Å². The molecular formula is C16H31NO2. The second-order valence-corrected chi connectivity index (χ2v) is 7.12. The van der Waals surface area contributed by atoms with E-state index < -0.39 is 0 Å². The van der Waals surface area contributed by atoms with Gasteiger partial charge in [0.15, 0.2) is 0 Å². The van der Waals surface area contributed by atoms with Gasteiger partial charge >= 0.3 is 0 Å². The van der Waals surface area contributed by atoms with Crippen LogP contribution in [0.1, 0.15) is 47.0 Å². The largest absolute Gasteiger partial charge is 0.382 e. The third kappa shape index (κ3) is 2.57. The lowest BCUT2D eigenvalue weighted by atomic mass is 9.70. The fourth-order valence-corrected chi connectivity index (χ4v) is 4.21. The average Bonchev–Trinajstić information content (AvgIpc) is 2.69. The van der Waals surface area contributed by atoms with Crippen molar-refractivity contribution in [2.75, 3.05) is 26.8 Å². The summed E-state index contributed by atoms with van der Waals surface area (Å²) in [6.45, 7) is 12.0. The van der Waals surface area contributed by atoms with Gasteiger partial charge in [0, 0.05) is 13.7 Å². The number of likely N-dealkylation sites (N-methyl/N-ethyl adjacent to an activating group) is 1. The number of ether oxygens (including phenoxy) is 2. The zero-order valence-corrected chi connectivity index (χ0v) is 13.3. The Labute approximate surface area is 118 Å². The molecule has 2 rings (SSSR count). The molecule has 0 aromatic heterocycles. The normalized spacial score (nSPS) is 37.7. The summed E-state index contributed by atoms with van der Waals surface area (Å²) < 4.78 is 11.8. The molecule has 0 spiro atoms. The molecule has 0 heterocycles. The molecule has 4 atom stereocenters. The van der Waals surface area contributed by atoms with Gasteiger partial charge in [-0.15, -0.1) is 0 Å². The quantitative estimate of drug-likeness (QED) is 0.771. The second kappa shape index (κ2) is 5.71. The topological polar surface area (TPSA) is 30.5 Å². The van der Waals surface area contributed by atoms with Crippen molar-refractivity contribution in [2.24, 2.45) is 16.7 Å². The standard InChI is InChI=1S/C16H31NO2/c1-6-17-10-13(11-18-5)19-14-9-12-7-8-16(14,4)15(12,2)3/h12-14,17H,6-11H2,1-5H3. The highest BCUT2D eigenvalue weighted by atomic mass is 16.5. The van der Waals surface area contributed by atoms with Crippen LogP contribution in [0.5, 0.6) is 0 Å². The van der Waals surface area contributed by atoms with Gasteiger partial charge < -0.3 is 14.8 Å². The SMILES string of the molecule is CCNCC(COC)OC1CC2CCC1(C)C2(C)C. The summed E-state index contributed by atoms with van der Waals surface area (Å²) in [5, 5.41) is 3.38. The summed E-state index contributed by atoms with van der Waals surface area (Å²) in [7, 11) is 1.76. The van der Waals surface area contributed by atoms with Gasteiger partial charge in [-0.05, 0) is 42.6 Å². The summed E-state index contributed by atoms with van der Waals surface area (Å²) in [4.78, 5) is 0. The molecule has 3 nitrogen and oxygen atoms in total. The van der Waals surface area contributed by atoms with E-state index in [1.54, 1.807) is 7.11 Å². The number of hydrogen-bond acceptors (Lipinski definition) is 3. The van der Waals surface area contributed by atoms with Gasteiger partial charge in [0.05, 0.1) is 18.8 Å². The smallest absolute Gasteiger partial charge is 0.0936 e. The number of hydrogen-bond donors (Lipinski definition) is 1. The van der Waals surface area contributed by atoms with Crippen LogP contribution in [0.25, 0.3) is 0 Å². The van der Waals surface area contributed by atoms with Gasteiger partial charge in [0.2, 0.25) is 0 Å². The van der Waals surface area contributed by atoms with Crippen LogP contribution in [-0.4, -0.2) is 39.0 Å². The molecule has 0 aromatic rings. The van der Waals surface area contributed by atoms with Gasteiger partial charge in [0.25, 0.3) is 0 Å². The van der Waals surface area contributed by atoms with E-state index >= 15 is 0 Å². The van der Waals surface area contributed by atoms with E-state index in [0.717, 1.165) is 19.0 Å². The maximum Gasteiger partial charge on any atom is 0.0936 e. The molecule has 1 N–H and O–H groups in total. The highest BCUT2D eigenvalue weighted by Gasteiger charge is 2.62. The van der Waals surface area contributed by atoms with Crippen molar-refractivity contribution in [2.45, 2.75) is 59.2 Å². The Morgan fingerprint density at radius 2 is 2.05 bits per heavy atom. The van der Waals surface area contributed by atoms with Crippen LogP contribution >= 0.6 is 0 Å². The predicted molar refractivity (Wildman–Crippen MR) is 78.3 cm³/mol. The Kier molecular flexibility index (Phi) is 4.59. The molecule has 2 bridgehead atoms. The van der Waals surface area contributed by atoms with E-state index in [2.05, 4.69) is 33.0 Å². The van der Waals surface area contributed by atoms with E-state index in [0.29, 0.717) is 23.5 Å². The monoisotopic (exact) mass is 269 g/mol. The van der Waals surface area contributed by atoms with Crippen molar-refractivity contribution in [3.8, 4) is 0 Å². The maximum atomic E-state index is 6.44. The van der Waals surface area contributed by atoms with E-state index in [1.807, 2.05) is 0 Å². The molecule has 0 saturated heterocycles. The lowest BCUT2D eigenvalue weighted by molar-refractivity contribution is -0.103. The van der Waals surface area contributed by atoms with Crippen molar-refractivity contribution in [3.05, 3.63) is 0 Å². The number of rotatable bonds is 7. The number of nitrogens with one attached hydrogen (secondary N) is 1. The molecule has 0 radical (unpaired) electrons. The molecule has 0 aromatic carbocycles. The zero-order valence-electron chi connectivity index (χ0n) is 13.3. The van der Waals surface area contributed by atoms with E-state index in [1.165, 1.54) is 19.3 Å². The van der Waals surface area contributed by atoms with Crippen LogP contribution in [0.4, 0.5) is 0 Å². The van der Waals surface area contributed by atoms with Crippen LogP contribution < -0.4 is 5.32 Å². The van der Waals surface area contributed by atoms with Crippen molar-refractivity contribution in [3.63, 3.8) is 0 Å². The summed E-state index contributed by atoms with van der Waals surface area (Å²) in [5.74, 6) is 0.838. The second-order valence-electron chi connectivity index (χ2n) is 7.12. The minimum atomic E-state index is 0.182. The first-order valence-corrected chi connectivity index (χ1v) is 7.80. The fraction of sp³-hybridized carbons (Fsp3) is 1.00. The lowest BCUT2D eigenvalue weighted by Gasteiger charge is -2.40. The molecule has 2 fully saturated rings. The summed E-state index contributed by atoms with van der Waals surface area (Å²) >= 11 is 0. The molecule has 112 valence electrons. The Morgan fingerprint density at radius 1 is 1.32 bits per heavy atom. The van der Waals surface area contributed by atoms with Crippen molar-refractivity contribution in [1.82, 2.24) is 5.32 Å². The first kappa shape index (κ1) is 15.3. The van der Waals surface area contributed by atoms with E-state index in [-0.39, 0.29) is 6.10 Å². The molecule has 2 aliphatic carbocycles. The van der Waals surface area contributed by atoms with Crippen LogP contribution in [-0.2, 0) is 9.47 Å².